The molecule has 3 N–H and O–H groups in total. The summed E-state index contributed by atoms with van der Waals surface area (Å²) in [5.74, 6) is -0.949. The van der Waals surface area contributed by atoms with Gasteiger partial charge in [-0.1, -0.05) is 0 Å². The van der Waals surface area contributed by atoms with Gasteiger partial charge in [0.15, 0.2) is 0 Å². The van der Waals surface area contributed by atoms with Crippen molar-refractivity contribution in [2.45, 2.75) is 31.7 Å². The Balaban J connectivity index is 2.06. The van der Waals surface area contributed by atoms with Crippen molar-refractivity contribution in [3.05, 3.63) is 0 Å². The normalized spacial score (nSPS) is 20.7. The van der Waals surface area contributed by atoms with Gasteiger partial charge < -0.3 is 15.7 Å². The first kappa shape index (κ1) is 11.0. The Hall–Kier alpha value is -1.10. The predicted molar refractivity (Wildman–Crippen MR) is 50.9 cm³/mol. The zero-order valence-corrected chi connectivity index (χ0v) is 8.08. The topological polar surface area (TPSA) is 78.4 Å². The summed E-state index contributed by atoms with van der Waals surface area (Å²) in [6.07, 6.45) is 2.60. The maximum atomic E-state index is 11.2. The summed E-state index contributed by atoms with van der Waals surface area (Å²) in [5.41, 5.74) is 0. The van der Waals surface area contributed by atoms with Gasteiger partial charge in [-0.3, -0.25) is 9.59 Å². The molecule has 14 heavy (non-hydrogen) atoms. The highest BCUT2D eigenvalue weighted by atomic mass is 16.4. The molecule has 80 valence electrons. The van der Waals surface area contributed by atoms with E-state index in [4.69, 9.17) is 5.11 Å². The number of aliphatic carboxylic acids is 1. The number of hydrogen-bond donors (Lipinski definition) is 3. The number of carbonyl (C=O) groups excluding carboxylic acids is 1. The molecule has 1 atom stereocenters. The summed E-state index contributed by atoms with van der Waals surface area (Å²) in [5, 5.41) is 14.1. The number of hydrogen-bond acceptors (Lipinski definition) is 3. The number of nitrogens with one attached hydrogen (secondary N) is 2. The van der Waals surface area contributed by atoms with E-state index in [9.17, 15) is 9.59 Å². The van der Waals surface area contributed by atoms with Crippen LogP contribution in [0.4, 0.5) is 0 Å². The number of carboxylic acid groups (broad SMARTS) is 1. The van der Waals surface area contributed by atoms with E-state index < -0.39 is 5.97 Å². The first-order valence-corrected chi connectivity index (χ1v) is 4.90. The Kier molecular flexibility index (Phi) is 4.39. The largest absolute Gasteiger partial charge is 0.481 e. The average Bonchev–Trinajstić information content (AvgIpc) is 2.56. The molecule has 0 radical (unpaired) electrons. The van der Waals surface area contributed by atoms with E-state index in [-0.39, 0.29) is 24.9 Å². The lowest BCUT2D eigenvalue weighted by Crippen LogP contribution is -2.32. The van der Waals surface area contributed by atoms with Crippen LogP contribution in [0.5, 0.6) is 0 Å². The van der Waals surface area contributed by atoms with Crippen LogP contribution in [0, 0.1) is 0 Å². The zero-order chi connectivity index (χ0) is 10.4. The van der Waals surface area contributed by atoms with E-state index in [0.717, 1.165) is 19.4 Å². The predicted octanol–water partition coefficient (Wildman–Crippen LogP) is -0.281. The van der Waals surface area contributed by atoms with E-state index in [1.807, 2.05) is 0 Å². The highest BCUT2D eigenvalue weighted by Crippen LogP contribution is 2.07. The molecule has 1 rings (SSSR count). The van der Waals surface area contributed by atoms with Crippen LogP contribution in [0.3, 0.4) is 0 Å². The van der Waals surface area contributed by atoms with Crippen molar-refractivity contribution >= 4 is 11.9 Å². The Morgan fingerprint density at radius 1 is 1.50 bits per heavy atom. The molecule has 1 aliphatic rings. The molecule has 1 heterocycles. The van der Waals surface area contributed by atoms with E-state index in [1.165, 1.54) is 0 Å². The fourth-order valence-electron chi connectivity index (χ4n) is 1.54. The minimum Gasteiger partial charge on any atom is -0.481 e. The quantitative estimate of drug-likeness (QED) is 0.570. The summed E-state index contributed by atoms with van der Waals surface area (Å²) in [6, 6.07) is 0.278. The molecule has 0 bridgehead atoms. The second-order valence-electron chi connectivity index (χ2n) is 3.49. The third-order valence-electron chi connectivity index (χ3n) is 2.26. The van der Waals surface area contributed by atoms with Gasteiger partial charge in [-0.15, -0.1) is 0 Å². The van der Waals surface area contributed by atoms with Crippen molar-refractivity contribution in [1.82, 2.24) is 10.6 Å². The molecule has 1 fully saturated rings. The minimum atomic E-state index is -0.885. The number of rotatable bonds is 5. The van der Waals surface area contributed by atoms with Crippen molar-refractivity contribution < 1.29 is 14.7 Å². The standard InChI is InChI=1S/C9H16N2O3/c12-8(11-5-3-9(13)14)6-7-2-1-4-10-7/h7,10H,1-6H2,(H,11,12)(H,13,14). The average molecular weight is 200 g/mol. The van der Waals surface area contributed by atoms with Crippen LogP contribution in [-0.4, -0.2) is 36.1 Å². The molecule has 1 saturated heterocycles. The molecule has 5 nitrogen and oxygen atoms in total. The van der Waals surface area contributed by atoms with Crippen LogP contribution < -0.4 is 10.6 Å². The lowest BCUT2D eigenvalue weighted by molar-refractivity contribution is -0.136. The Morgan fingerprint density at radius 2 is 2.29 bits per heavy atom. The maximum Gasteiger partial charge on any atom is 0.305 e. The molecule has 0 aromatic heterocycles. The van der Waals surface area contributed by atoms with E-state index in [1.54, 1.807) is 0 Å². The van der Waals surface area contributed by atoms with Gasteiger partial charge in [-0.2, -0.15) is 0 Å². The third-order valence-corrected chi connectivity index (χ3v) is 2.26. The van der Waals surface area contributed by atoms with E-state index in [0.29, 0.717) is 6.42 Å². The number of carboxylic acids is 1. The lowest BCUT2D eigenvalue weighted by atomic mass is 10.1. The van der Waals surface area contributed by atoms with Crippen molar-refractivity contribution in [3.8, 4) is 0 Å². The monoisotopic (exact) mass is 200 g/mol. The molecule has 0 aromatic rings. The molecule has 1 unspecified atom stereocenters. The Morgan fingerprint density at radius 3 is 2.86 bits per heavy atom. The highest BCUT2D eigenvalue weighted by Gasteiger charge is 2.17. The second-order valence-corrected chi connectivity index (χ2v) is 3.49. The van der Waals surface area contributed by atoms with E-state index in [2.05, 4.69) is 10.6 Å². The fourth-order valence-corrected chi connectivity index (χ4v) is 1.54. The lowest BCUT2D eigenvalue weighted by Gasteiger charge is -2.09. The van der Waals surface area contributed by atoms with Crippen LogP contribution >= 0.6 is 0 Å². The van der Waals surface area contributed by atoms with Gasteiger partial charge in [0.2, 0.25) is 5.91 Å². The van der Waals surface area contributed by atoms with Crippen LogP contribution in [0.25, 0.3) is 0 Å². The van der Waals surface area contributed by atoms with Crippen LogP contribution in [0.15, 0.2) is 0 Å². The van der Waals surface area contributed by atoms with Gasteiger partial charge in [0.05, 0.1) is 6.42 Å². The number of amides is 1. The first-order valence-electron chi connectivity index (χ1n) is 4.90. The van der Waals surface area contributed by atoms with Gasteiger partial charge in [0.1, 0.15) is 0 Å². The summed E-state index contributed by atoms with van der Waals surface area (Å²) in [4.78, 5) is 21.4. The van der Waals surface area contributed by atoms with Gasteiger partial charge >= 0.3 is 5.97 Å². The molecule has 0 aromatic carbocycles. The number of carbonyl (C=O) groups is 2. The Bertz CT molecular complexity index is 212. The van der Waals surface area contributed by atoms with Crippen molar-refractivity contribution in [3.63, 3.8) is 0 Å². The molecule has 1 aliphatic heterocycles. The maximum absolute atomic E-state index is 11.2. The second kappa shape index (κ2) is 5.59. The molecule has 1 amide bonds. The summed E-state index contributed by atoms with van der Waals surface area (Å²) in [6.45, 7) is 1.20. The van der Waals surface area contributed by atoms with Crippen molar-refractivity contribution in [2.24, 2.45) is 0 Å². The smallest absolute Gasteiger partial charge is 0.305 e. The molecule has 5 heteroatoms. The zero-order valence-electron chi connectivity index (χ0n) is 8.08. The highest BCUT2D eigenvalue weighted by molar-refractivity contribution is 5.77. The van der Waals surface area contributed by atoms with Crippen LogP contribution in [0.2, 0.25) is 0 Å². The van der Waals surface area contributed by atoms with Gasteiger partial charge in [0, 0.05) is 19.0 Å². The molecule has 0 spiro atoms. The van der Waals surface area contributed by atoms with Gasteiger partial charge in [0.25, 0.3) is 0 Å². The van der Waals surface area contributed by atoms with Crippen molar-refractivity contribution in [2.75, 3.05) is 13.1 Å². The summed E-state index contributed by atoms with van der Waals surface area (Å²) >= 11 is 0. The van der Waals surface area contributed by atoms with Gasteiger partial charge in [-0.25, -0.2) is 0 Å². The van der Waals surface area contributed by atoms with Crippen LogP contribution in [0.1, 0.15) is 25.7 Å². The summed E-state index contributed by atoms with van der Waals surface area (Å²) < 4.78 is 0. The molecular weight excluding hydrogens is 184 g/mol. The third kappa shape index (κ3) is 4.23. The van der Waals surface area contributed by atoms with E-state index >= 15 is 0 Å². The first-order chi connectivity index (χ1) is 6.68. The van der Waals surface area contributed by atoms with Gasteiger partial charge in [-0.05, 0) is 19.4 Å². The fraction of sp³-hybridized carbons (Fsp3) is 0.778. The summed E-state index contributed by atoms with van der Waals surface area (Å²) in [7, 11) is 0. The minimum absolute atomic E-state index is 0.0101. The van der Waals surface area contributed by atoms with Crippen LogP contribution in [-0.2, 0) is 9.59 Å². The Labute approximate surface area is 82.9 Å². The SMILES string of the molecule is O=C(O)CCNC(=O)CC1CCCN1. The molecule has 0 saturated carbocycles. The molecule has 0 aliphatic carbocycles. The van der Waals surface area contributed by atoms with Crippen molar-refractivity contribution in [1.29, 1.82) is 0 Å². The molecular formula is C9H16N2O3.